The van der Waals surface area contributed by atoms with Crippen LogP contribution in [0.1, 0.15) is 18.1 Å². The number of rotatable bonds is 4. The molecule has 138 valence electrons. The number of aryl methyl sites for hydroxylation is 1. The number of nitrogens with zero attached hydrogens (tertiary/aromatic N) is 1. The average molecular weight is 429 g/mol. The van der Waals surface area contributed by atoms with Crippen LogP contribution in [0.5, 0.6) is 5.75 Å². The minimum Gasteiger partial charge on any atom is -0.497 e. The number of para-hydroxylation sites is 1. The van der Waals surface area contributed by atoms with E-state index in [9.17, 15) is 14.4 Å². The first-order valence-corrected chi connectivity index (χ1v) is 9.07. The summed E-state index contributed by atoms with van der Waals surface area (Å²) >= 11 is 3.37. The monoisotopic (exact) mass is 428 g/mol. The van der Waals surface area contributed by atoms with Crippen molar-refractivity contribution in [3.8, 4) is 5.75 Å². The Labute approximate surface area is 164 Å². The van der Waals surface area contributed by atoms with Crippen molar-refractivity contribution in [1.82, 2.24) is 5.32 Å². The van der Waals surface area contributed by atoms with Crippen molar-refractivity contribution in [1.29, 1.82) is 0 Å². The van der Waals surface area contributed by atoms with E-state index in [1.54, 1.807) is 30.3 Å². The van der Waals surface area contributed by atoms with E-state index < -0.39 is 17.8 Å². The van der Waals surface area contributed by atoms with Gasteiger partial charge in [-0.15, -0.1) is 0 Å². The number of nitrogens with one attached hydrogen (secondary N) is 1. The molecule has 1 N–H and O–H groups in total. The molecule has 1 fully saturated rings. The Hall–Kier alpha value is -2.93. The third-order valence-corrected chi connectivity index (χ3v) is 4.61. The second-order valence-electron chi connectivity index (χ2n) is 5.86. The number of imide groups is 2. The summed E-state index contributed by atoms with van der Waals surface area (Å²) in [5.41, 5.74) is 1.77. The summed E-state index contributed by atoms with van der Waals surface area (Å²) in [6.45, 7) is 1.93. The first-order valence-electron chi connectivity index (χ1n) is 8.28. The molecule has 2 aromatic rings. The van der Waals surface area contributed by atoms with Crippen molar-refractivity contribution < 1.29 is 19.1 Å². The topological polar surface area (TPSA) is 75.7 Å². The summed E-state index contributed by atoms with van der Waals surface area (Å²) in [7, 11) is 1.53. The highest BCUT2D eigenvalue weighted by Gasteiger charge is 2.37. The number of hydrogen-bond acceptors (Lipinski definition) is 4. The van der Waals surface area contributed by atoms with Crippen LogP contribution in [0.2, 0.25) is 0 Å². The quantitative estimate of drug-likeness (QED) is 0.594. The molecular weight excluding hydrogens is 412 g/mol. The van der Waals surface area contributed by atoms with E-state index >= 15 is 0 Å². The number of carbonyl (C=O) groups excluding carboxylic acids is 3. The molecule has 0 bridgehead atoms. The lowest BCUT2D eigenvalue weighted by Crippen LogP contribution is -2.54. The van der Waals surface area contributed by atoms with Gasteiger partial charge in [-0.3, -0.25) is 14.9 Å². The van der Waals surface area contributed by atoms with Gasteiger partial charge in [0.2, 0.25) is 0 Å². The van der Waals surface area contributed by atoms with Crippen LogP contribution in [-0.4, -0.2) is 25.0 Å². The first kappa shape index (κ1) is 18.8. The number of barbiturate groups is 1. The molecule has 0 saturated carbocycles. The fourth-order valence-electron chi connectivity index (χ4n) is 2.86. The molecule has 0 aromatic heterocycles. The molecule has 7 heteroatoms. The van der Waals surface area contributed by atoms with Crippen LogP contribution >= 0.6 is 15.9 Å². The zero-order chi connectivity index (χ0) is 19.6. The highest BCUT2D eigenvalue weighted by Crippen LogP contribution is 2.27. The Morgan fingerprint density at radius 1 is 1.15 bits per heavy atom. The van der Waals surface area contributed by atoms with Gasteiger partial charge in [0.1, 0.15) is 11.3 Å². The van der Waals surface area contributed by atoms with Gasteiger partial charge in [-0.25, -0.2) is 9.69 Å². The molecule has 1 saturated heterocycles. The van der Waals surface area contributed by atoms with E-state index in [-0.39, 0.29) is 5.57 Å². The SMILES string of the molecule is CCc1ccccc1N1C(=O)NC(=O)/C(=C/c2cc(Br)cc(OC)c2)C1=O. The summed E-state index contributed by atoms with van der Waals surface area (Å²) in [5.74, 6) is -0.818. The predicted octanol–water partition coefficient (Wildman–Crippen LogP) is 3.69. The smallest absolute Gasteiger partial charge is 0.335 e. The molecule has 0 aliphatic carbocycles. The number of carbonyl (C=O) groups is 3. The Balaban J connectivity index is 2.06. The van der Waals surface area contributed by atoms with Crippen LogP contribution < -0.4 is 15.0 Å². The van der Waals surface area contributed by atoms with Gasteiger partial charge >= 0.3 is 6.03 Å². The van der Waals surface area contributed by atoms with Crippen molar-refractivity contribution in [3.63, 3.8) is 0 Å². The molecule has 27 heavy (non-hydrogen) atoms. The molecule has 6 nitrogen and oxygen atoms in total. The van der Waals surface area contributed by atoms with Gasteiger partial charge in [0.15, 0.2) is 0 Å². The second kappa shape index (κ2) is 7.75. The molecule has 2 aromatic carbocycles. The van der Waals surface area contributed by atoms with E-state index in [0.29, 0.717) is 23.4 Å². The number of ether oxygens (including phenoxy) is 1. The van der Waals surface area contributed by atoms with Gasteiger partial charge in [0.05, 0.1) is 12.8 Å². The van der Waals surface area contributed by atoms with Gasteiger partial charge < -0.3 is 4.74 Å². The van der Waals surface area contributed by atoms with Crippen LogP contribution in [0.3, 0.4) is 0 Å². The van der Waals surface area contributed by atoms with Crippen LogP contribution in [0.15, 0.2) is 52.5 Å². The van der Waals surface area contributed by atoms with Crippen molar-refractivity contribution in [2.24, 2.45) is 0 Å². The molecule has 3 rings (SSSR count). The number of amides is 4. The van der Waals surface area contributed by atoms with E-state index in [1.165, 1.54) is 13.2 Å². The second-order valence-corrected chi connectivity index (χ2v) is 6.78. The third-order valence-electron chi connectivity index (χ3n) is 4.16. The first-order chi connectivity index (χ1) is 12.9. The average Bonchev–Trinajstić information content (AvgIpc) is 2.65. The third kappa shape index (κ3) is 3.78. The van der Waals surface area contributed by atoms with Crippen LogP contribution in [-0.2, 0) is 16.0 Å². The number of benzene rings is 2. The molecule has 1 aliphatic heterocycles. The Bertz CT molecular complexity index is 968. The normalized spacial score (nSPS) is 15.9. The van der Waals surface area contributed by atoms with Gasteiger partial charge in [-0.2, -0.15) is 0 Å². The molecule has 4 amide bonds. The predicted molar refractivity (Wildman–Crippen MR) is 106 cm³/mol. The molecule has 0 atom stereocenters. The van der Waals surface area contributed by atoms with Crippen LogP contribution in [0, 0.1) is 0 Å². The number of methoxy groups -OCH3 is 1. The standard InChI is InChI=1S/C20H17BrN2O4/c1-3-13-6-4-5-7-17(13)23-19(25)16(18(24)22-20(23)26)10-12-8-14(21)11-15(9-12)27-2/h4-11H,3H2,1-2H3,(H,22,24,26)/b16-10-. The van der Waals surface area contributed by atoms with E-state index in [2.05, 4.69) is 21.2 Å². The number of hydrogen-bond donors (Lipinski definition) is 1. The van der Waals surface area contributed by atoms with E-state index in [1.807, 2.05) is 19.1 Å². The molecular formula is C20H17BrN2O4. The zero-order valence-electron chi connectivity index (χ0n) is 14.8. The van der Waals surface area contributed by atoms with E-state index in [4.69, 9.17) is 4.74 Å². The van der Waals surface area contributed by atoms with Crippen molar-refractivity contribution in [2.45, 2.75) is 13.3 Å². The van der Waals surface area contributed by atoms with Crippen molar-refractivity contribution in [3.05, 3.63) is 63.6 Å². The molecule has 0 unspecified atom stereocenters. The molecule has 1 aliphatic rings. The largest absolute Gasteiger partial charge is 0.497 e. The van der Waals surface area contributed by atoms with Crippen LogP contribution in [0.25, 0.3) is 6.08 Å². The summed E-state index contributed by atoms with van der Waals surface area (Å²) < 4.78 is 5.94. The minimum atomic E-state index is -0.755. The van der Waals surface area contributed by atoms with Crippen molar-refractivity contribution in [2.75, 3.05) is 12.0 Å². The Kier molecular flexibility index (Phi) is 5.41. The number of halogens is 1. The summed E-state index contributed by atoms with van der Waals surface area (Å²) in [6.07, 6.45) is 2.09. The zero-order valence-corrected chi connectivity index (χ0v) is 16.4. The van der Waals surface area contributed by atoms with E-state index in [0.717, 1.165) is 14.9 Å². The fourth-order valence-corrected chi connectivity index (χ4v) is 3.35. The minimum absolute atomic E-state index is 0.124. The molecule has 1 heterocycles. The summed E-state index contributed by atoms with van der Waals surface area (Å²) in [6, 6.07) is 11.6. The Morgan fingerprint density at radius 3 is 2.59 bits per heavy atom. The number of anilines is 1. The van der Waals surface area contributed by atoms with Crippen LogP contribution in [0.4, 0.5) is 10.5 Å². The maximum atomic E-state index is 13.0. The van der Waals surface area contributed by atoms with Gasteiger partial charge in [0.25, 0.3) is 11.8 Å². The molecule has 0 spiro atoms. The molecule has 0 radical (unpaired) electrons. The van der Waals surface area contributed by atoms with Crippen molar-refractivity contribution >= 4 is 45.5 Å². The maximum absolute atomic E-state index is 13.0. The highest BCUT2D eigenvalue weighted by molar-refractivity contribution is 9.10. The van der Waals surface area contributed by atoms with Gasteiger partial charge in [-0.05, 0) is 47.9 Å². The fraction of sp³-hybridized carbons (Fsp3) is 0.150. The summed E-state index contributed by atoms with van der Waals surface area (Å²) in [4.78, 5) is 38.6. The maximum Gasteiger partial charge on any atom is 0.335 e. The lowest BCUT2D eigenvalue weighted by atomic mass is 10.0. The van der Waals surface area contributed by atoms with Gasteiger partial charge in [-0.1, -0.05) is 41.1 Å². The summed E-state index contributed by atoms with van der Waals surface area (Å²) in [5, 5.41) is 2.24. The lowest BCUT2D eigenvalue weighted by Gasteiger charge is -2.28. The lowest BCUT2D eigenvalue weighted by molar-refractivity contribution is -0.122. The number of urea groups is 1. The van der Waals surface area contributed by atoms with Gasteiger partial charge in [0, 0.05) is 4.47 Å². The Morgan fingerprint density at radius 2 is 1.89 bits per heavy atom. The highest BCUT2D eigenvalue weighted by atomic mass is 79.9.